The predicted molar refractivity (Wildman–Crippen MR) is 64.4 cm³/mol. The van der Waals surface area contributed by atoms with Crippen LogP contribution in [0.15, 0.2) is 24.3 Å². The van der Waals surface area contributed by atoms with E-state index in [1.165, 1.54) is 19.1 Å². The van der Waals surface area contributed by atoms with E-state index >= 15 is 0 Å². The second-order valence-electron chi connectivity index (χ2n) is 4.83. The fraction of sp³-hybridized carbons (Fsp3) is 0.462. The van der Waals surface area contributed by atoms with E-state index in [4.69, 9.17) is 5.73 Å². The highest BCUT2D eigenvalue weighted by molar-refractivity contribution is 5.81. The predicted octanol–water partition coefficient (Wildman–Crippen LogP) is 2.02. The molecule has 1 aromatic rings. The topological polar surface area (TPSA) is 55.1 Å². The van der Waals surface area contributed by atoms with E-state index in [9.17, 15) is 18.0 Å². The lowest BCUT2D eigenvalue weighted by atomic mass is 10.0. The SMILES string of the molecule is C[C@@H](N)C(=O)NC1CC1c1ccccc1C(F)(F)F. The largest absolute Gasteiger partial charge is 0.416 e. The molecule has 0 aromatic heterocycles. The zero-order valence-corrected chi connectivity index (χ0v) is 10.4. The van der Waals surface area contributed by atoms with Crippen LogP contribution < -0.4 is 11.1 Å². The number of alkyl halides is 3. The van der Waals surface area contributed by atoms with Crippen LogP contribution >= 0.6 is 0 Å². The second-order valence-corrected chi connectivity index (χ2v) is 4.83. The van der Waals surface area contributed by atoms with Gasteiger partial charge in [0.1, 0.15) is 0 Å². The molecule has 6 heteroatoms. The summed E-state index contributed by atoms with van der Waals surface area (Å²) in [5, 5.41) is 2.65. The molecule has 1 aliphatic carbocycles. The molecule has 0 radical (unpaired) electrons. The molecule has 3 N–H and O–H groups in total. The molecule has 0 heterocycles. The Morgan fingerprint density at radius 1 is 1.42 bits per heavy atom. The van der Waals surface area contributed by atoms with Crippen molar-refractivity contribution in [1.82, 2.24) is 5.32 Å². The molecule has 19 heavy (non-hydrogen) atoms. The number of nitrogens with one attached hydrogen (secondary N) is 1. The molecule has 1 fully saturated rings. The van der Waals surface area contributed by atoms with Gasteiger partial charge in [-0.15, -0.1) is 0 Å². The van der Waals surface area contributed by atoms with Gasteiger partial charge in [0, 0.05) is 12.0 Å². The zero-order chi connectivity index (χ0) is 14.2. The first kappa shape index (κ1) is 13.9. The normalized spacial score (nSPS) is 23.8. The summed E-state index contributed by atoms with van der Waals surface area (Å²) in [7, 11) is 0. The van der Waals surface area contributed by atoms with Gasteiger partial charge in [0.2, 0.25) is 5.91 Å². The van der Waals surface area contributed by atoms with Crippen LogP contribution in [0.4, 0.5) is 13.2 Å². The molecule has 3 nitrogen and oxygen atoms in total. The van der Waals surface area contributed by atoms with Crippen LogP contribution in [0.1, 0.15) is 30.4 Å². The highest BCUT2D eigenvalue weighted by Crippen LogP contribution is 2.46. The number of carbonyl (C=O) groups is 1. The number of rotatable bonds is 3. The monoisotopic (exact) mass is 272 g/mol. The number of hydrogen-bond donors (Lipinski definition) is 2. The molecule has 1 saturated carbocycles. The maximum Gasteiger partial charge on any atom is 0.416 e. The van der Waals surface area contributed by atoms with Crippen LogP contribution in [-0.4, -0.2) is 18.0 Å². The van der Waals surface area contributed by atoms with Gasteiger partial charge in [-0.25, -0.2) is 0 Å². The summed E-state index contributed by atoms with van der Waals surface area (Å²) in [4.78, 5) is 11.4. The number of hydrogen-bond acceptors (Lipinski definition) is 2. The summed E-state index contributed by atoms with van der Waals surface area (Å²) >= 11 is 0. The van der Waals surface area contributed by atoms with E-state index < -0.39 is 17.8 Å². The third kappa shape index (κ3) is 3.07. The highest BCUT2D eigenvalue weighted by Gasteiger charge is 2.44. The maximum atomic E-state index is 12.8. The molecule has 2 unspecified atom stereocenters. The standard InChI is InChI=1S/C13H15F3N2O/c1-7(17)12(19)18-11-6-9(11)8-4-2-3-5-10(8)13(14,15)16/h2-5,7,9,11H,6,17H2,1H3,(H,18,19)/t7-,9?,11?/m1/s1. The van der Waals surface area contributed by atoms with E-state index in [0.29, 0.717) is 6.42 Å². The fourth-order valence-electron chi connectivity index (χ4n) is 2.09. The van der Waals surface area contributed by atoms with E-state index in [0.717, 1.165) is 6.07 Å². The Hall–Kier alpha value is -1.56. The van der Waals surface area contributed by atoms with Crippen molar-refractivity contribution in [2.75, 3.05) is 0 Å². The number of benzene rings is 1. The van der Waals surface area contributed by atoms with E-state index in [1.54, 1.807) is 6.07 Å². The fourth-order valence-corrected chi connectivity index (χ4v) is 2.09. The van der Waals surface area contributed by atoms with Gasteiger partial charge in [0.15, 0.2) is 0 Å². The molecular weight excluding hydrogens is 257 g/mol. The number of amides is 1. The summed E-state index contributed by atoms with van der Waals surface area (Å²) < 4.78 is 38.5. The summed E-state index contributed by atoms with van der Waals surface area (Å²) in [6, 6.07) is 4.57. The van der Waals surface area contributed by atoms with Gasteiger partial charge in [0.05, 0.1) is 11.6 Å². The minimum atomic E-state index is -4.37. The van der Waals surface area contributed by atoms with Crippen molar-refractivity contribution in [1.29, 1.82) is 0 Å². The minimum Gasteiger partial charge on any atom is -0.351 e. The lowest BCUT2D eigenvalue weighted by Crippen LogP contribution is -2.39. The quantitative estimate of drug-likeness (QED) is 0.884. The molecule has 2 rings (SSSR count). The second kappa shape index (κ2) is 4.85. The van der Waals surface area contributed by atoms with E-state index in [1.807, 2.05) is 0 Å². The van der Waals surface area contributed by atoms with Gasteiger partial charge in [0.25, 0.3) is 0 Å². The molecule has 0 bridgehead atoms. The Kier molecular flexibility index (Phi) is 3.54. The molecule has 1 aliphatic rings. The Balaban J connectivity index is 2.12. The number of halogens is 3. The molecule has 0 aliphatic heterocycles. The third-order valence-corrected chi connectivity index (χ3v) is 3.20. The molecular formula is C13H15F3N2O. The van der Waals surface area contributed by atoms with Crippen molar-refractivity contribution >= 4 is 5.91 Å². The Morgan fingerprint density at radius 3 is 2.63 bits per heavy atom. The molecule has 0 saturated heterocycles. The van der Waals surface area contributed by atoms with Gasteiger partial charge in [-0.2, -0.15) is 13.2 Å². The first-order valence-electron chi connectivity index (χ1n) is 6.02. The van der Waals surface area contributed by atoms with Crippen LogP contribution in [0.25, 0.3) is 0 Å². The van der Waals surface area contributed by atoms with Gasteiger partial charge in [-0.1, -0.05) is 18.2 Å². The number of nitrogens with two attached hydrogens (primary N) is 1. The Bertz CT molecular complexity index is 485. The average Bonchev–Trinajstić information content (AvgIpc) is 3.07. The zero-order valence-electron chi connectivity index (χ0n) is 10.4. The summed E-state index contributed by atoms with van der Waals surface area (Å²) in [5.74, 6) is -0.613. The van der Waals surface area contributed by atoms with Crippen molar-refractivity contribution in [3.63, 3.8) is 0 Å². The van der Waals surface area contributed by atoms with Crippen LogP contribution in [0.2, 0.25) is 0 Å². The van der Waals surface area contributed by atoms with Gasteiger partial charge in [-0.05, 0) is 25.0 Å². The van der Waals surface area contributed by atoms with Crippen LogP contribution in [0, 0.1) is 0 Å². The van der Waals surface area contributed by atoms with Crippen molar-refractivity contribution in [2.24, 2.45) is 5.73 Å². The molecule has 3 atom stereocenters. The van der Waals surface area contributed by atoms with Crippen molar-refractivity contribution in [3.8, 4) is 0 Å². The van der Waals surface area contributed by atoms with E-state index in [-0.39, 0.29) is 23.4 Å². The Morgan fingerprint density at radius 2 is 2.05 bits per heavy atom. The van der Waals surface area contributed by atoms with Crippen LogP contribution in [0.5, 0.6) is 0 Å². The van der Waals surface area contributed by atoms with Gasteiger partial charge in [-0.3, -0.25) is 4.79 Å². The summed E-state index contributed by atoms with van der Waals surface area (Å²) in [6.45, 7) is 1.54. The maximum absolute atomic E-state index is 12.8. The van der Waals surface area contributed by atoms with Crippen LogP contribution in [0.3, 0.4) is 0 Å². The lowest BCUT2D eigenvalue weighted by molar-refractivity contribution is -0.138. The molecule has 1 aromatic carbocycles. The summed E-state index contributed by atoms with van der Waals surface area (Å²) in [5.41, 5.74) is 5.02. The smallest absolute Gasteiger partial charge is 0.351 e. The molecule has 0 spiro atoms. The van der Waals surface area contributed by atoms with Gasteiger partial charge >= 0.3 is 6.18 Å². The third-order valence-electron chi connectivity index (χ3n) is 3.20. The first-order chi connectivity index (χ1) is 8.80. The first-order valence-corrected chi connectivity index (χ1v) is 6.02. The summed E-state index contributed by atoms with van der Waals surface area (Å²) in [6.07, 6.45) is -3.85. The van der Waals surface area contributed by atoms with Crippen molar-refractivity contribution in [2.45, 2.75) is 37.5 Å². The van der Waals surface area contributed by atoms with Crippen molar-refractivity contribution < 1.29 is 18.0 Å². The average molecular weight is 272 g/mol. The van der Waals surface area contributed by atoms with E-state index in [2.05, 4.69) is 5.32 Å². The van der Waals surface area contributed by atoms with Crippen molar-refractivity contribution in [3.05, 3.63) is 35.4 Å². The van der Waals surface area contributed by atoms with Crippen LogP contribution in [-0.2, 0) is 11.0 Å². The van der Waals surface area contributed by atoms with Gasteiger partial charge < -0.3 is 11.1 Å². The minimum absolute atomic E-state index is 0.241. The molecule has 104 valence electrons. The lowest BCUT2D eigenvalue weighted by Gasteiger charge is -2.13. The number of carbonyl (C=O) groups excluding carboxylic acids is 1. The molecule has 1 amide bonds. The Labute approximate surface area is 109 Å². The highest BCUT2D eigenvalue weighted by atomic mass is 19.4.